The number of nitrogens with zero attached hydrogens (tertiary/aromatic N) is 1. The van der Waals surface area contributed by atoms with Crippen molar-refractivity contribution in [2.24, 2.45) is 5.41 Å². The summed E-state index contributed by atoms with van der Waals surface area (Å²) >= 11 is 4.86. The fourth-order valence-electron chi connectivity index (χ4n) is 2.37. The molecule has 2 rings (SSSR count). The van der Waals surface area contributed by atoms with Crippen molar-refractivity contribution < 1.29 is 23.1 Å². The van der Waals surface area contributed by atoms with Crippen LogP contribution >= 0.6 is 27.3 Å². The van der Waals surface area contributed by atoms with E-state index in [0.717, 1.165) is 14.2 Å². The summed E-state index contributed by atoms with van der Waals surface area (Å²) in [5.74, 6) is -1.78. The molecule has 0 bridgehead atoms. The molecular formula is C12H13BrF3NO2S. The number of carbonyl (C=O) groups is 1. The highest BCUT2D eigenvalue weighted by molar-refractivity contribution is 9.10. The second-order valence-corrected chi connectivity index (χ2v) is 7.16. The van der Waals surface area contributed by atoms with Crippen molar-refractivity contribution in [2.45, 2.75) is 26.1 Å². The third-order valence-corrected chi connectivity index (χ3v) is 5.71. The molecular weight excluding hydrogens is 359 g/mol. The second kappa shape index (κ2) is 5.31. The van der Waals surface area contributed by atoms with Crippen molar-refractivity contribution in [3.8, 4) is 0 Å². The van der Waals surface area contributed by atoms with Crippen molar-refractivity contribution in [3.05, 3.63) is 20.3 Å². The van der Waals surface area contributed by atoms with Gasteiger partial charge in [0.2, 0.25) is 0 Å². The van der Waals surface area contributed by atoms with Crippen LogP contribution in [0.1, 0.15) is 16.2 Å². The Balaban J connectivity index is 2.13. The van der Waals surface area contributed by atoms with Gasteiger partial charge in [-0.15, -0.1) is 11.3 Å². The quantitative estimate of drug-likeness (QED) is 0.881. The smallest absolute Gasteiger partial charge is 0.406 e. The summed E-state index contributed by atoms with van der Waals surface area (Å²) in [5, 5.41) is 8.98. The topological polar surface area (TPSA) is 40.5 Å². The van der Waals surface area contributed by atoms with Crippen LogP contribution in [0.2, 0.25) is 0 Å². The minimum absolute atomic E-state index is 0.139. The highest BCUT2D eigenvalue weighted by Crippen LogP contribution is 2.46. The first-order valence-electron chi connectivity index (χ1n) is 5.93. The van der Waals surface area contributed by atoms with E-state index in [2.05, 4.69) is 15.9 Å². The van der Waals surface area contributed by atoms with Gasteiger partial charge < -0.3 is 5.11 Å². The van der Waals surface area contributed by atoms with Crippen molar-refractivity contribution in [1.82, 2.24) is 4.90 Å². The third kappa shape index (κ3) is 2.73. The fraction of sp³-hybridized carbons (Fsp3) is 0.583. The van der Waals surface area contributed by atoms with E-state index < -0.39 is 30.5 Å². The molecule has 0 aliphatic carbocycles. The molecule has 1 atom stereocenters. The van der Waals surface area contributed by atoms with Crippen LogP contribution in [0.15, 0.2) is 10.5 Å². The lowest BCUT2D eigenvalue weighted by Crippen LogP contribution is -2.47. The van der Waals surface area contributed by atoms with Crippen molar-refractivity contribution in [3.63, 3.8) is 0 Å². The van der Waals surface area contributed by atoms with E-state index in [1.807, 2.05) is 13.0 Å². The zero-order valence-electron chi connectivity index (χ0n) is 10.6. The first-order chi connectivity index (χ1) is 9.15. The number of likely N-dealkylation sites (tertiary alicyclic amines) is 1. The Morgan fingerprint density at radius 2 is 2.25 bits per heavy atom. The van der Waals surface area contributed by atoms with Crippen LogP contribution in [0.5, 0.6) is 0 Å². The zero-order chi connectivity index (χ0) is 15.1. The van der Waals surface area contributed by atoms with E-state index in [4.69, 9.17) is 5.11 Å². The van der Waals surface area contributed by atoms with Crippen LogP contribution in [0.25, 0.3) is 0 Å². The Hall–Kier alpha value is -0.600. The maximum atomic E-state index is 13.0. The molecule has 0 spiro atoms. The number of rotatable bonds is 3. The summed E-state index contributed by atoms with van der Waals surface area (Å²) in [6, 6.07) is 1.87. The average Bonchev–Trinajstić information content (AvgIpc) is 2.84. The highest BCUT2D eigenvalue weighted by Gasteiger charge is 2.63. The van der Waals surface area contributed by atoms with Gasteiger partial charge in [-0.25, -0.2) is 0 Å². The van der Waals surface area contributed by atoms with E-state index >= 15 is 0 Å². The lowest BCUT2D eigenvalue weighted by molar-refractivity contribution is -0.227. The predicted octanol–water partition coefficient (Wildman–Crippen LogP) is 3.66. The van der Waals surface area contributed by atoms with Crippen LogP contribution in [-0.2, 0) is 11.3 Å². The molecule has 0 aromatic carbocycles. The summed E-state index contributed by atoms with van der Waals surface area (Å²) < 4.78 is 40.0. The van der Waals surface area contributed by atoms with Crippen molar-refractivity contribution >= 4 is 33.2 Å². The Morgan fingerprint density at radius 3 is 2.65 bits per heavy atom. The standard InChI is InChI=1S/C12H13BrF3NO2S/c1-7-9(13)4-8(20-7)5-17-3-2-11(6-17,10(18)19)12(14,15)16/h4H,2-3,5-6H2,1H3,(H,18,19). The SMILES string of the molecule is Cc1sc(CN2CCC(C(=O)O)(C(F)(F)F)C2)cc1Br. The number of hydrogen-bond donors (Lipinski definition) is 1. The molecule has 1 aliphatic rings. The predicted molar refractivity (Wildman–Crippen MR) is 72.8 cm³/mol. The van der Waals surface area contributed by atoms with Gasteiger partial charge in [-0.3, -0.25) is 9.69 Å². The van der Waals surface area contributed by atoms with E-state index in [1.165, 1.54) is 11.3 Å². The van der Waals surface area contributed by atoms with Gasteiger partial charge in [-0.2, -0.15) is 13.2 Å². The largest absolute Gasteiger partial charge is 0.481 e. The van der Waals surface area contributed by atoms with Gasteiger partial charge in [0.25, 0.3) is 0 Å². The molecule has 8 heteroatoms. The molecule has 1 fully saturated rings. The van der Waals surface area contributed by atoms with E-state index in [-0.39, 0.29) is 6.54 Å². The van der Waals surface area contributed by atoms with Gasteiger partial charge in [-0.1, -0.05) is 0 Å². The number of aliphatic carboxylic acids is 1. The lowest BCUT2D eigenvalue weighted by atomic mass is 9.86. The number of carboxylic acid groups (broad SMARTS) is 1. The Morgan fingerprint density at radius 1 is 1.60 bits per heavy atom. The molecule has 1 aliphatic heterocycles. The molecule has 1 aromatic rings. The van der Waals surface area contributed by atoms with Gasteiger partial charge in [0.15, 0.2) is 5.41 Å². The summed E-state index contributed by atoms with van der Waals surface area (Å²) in [6.07, 6.45) is -5.11. The minimum atomic E-state index is -4.72. The molecule has 2 heterocycles. The Bertz CT molecular complexity index is 512. The maximum absolute atomic E-state index is 13.0. The fourth-order valence-corrected chi connectivity index (χ4v) is 4.01. The van der Waals surface area contributed by atoms with Crippen LogP contribution in [0, 0.1) is 12.3 Å². The summed E-state index contributed by atoms with van der Waals surface area (Å²) in [6.45, 7) is 1.92. The van der Waals surface area contributed by atoms with Crippen LogP contribution in [0.3, 0.4) is 0 Å². The molecule has 3 nitrogen and oxygen atoms in total. The Labute approximate surface area is 126 Å². The van der Waals surface area contributed by atoms with Gasteiger partial charge in [0.05, 0.1) is 0 Å². The molecule has 0 saturated carbocycles. The van der Waals surface area contributed by atoms with Gasteiger partial charge in [-0.05, 0) is 35.3 Å². The molecule has 0 amide bonds. The summed E-state index contributed by atoms with van der Waals surface area (Å²) in [5.41, 5.74) is -2.63. The average molecular weight is 372 g/mol. The molecule has 1 aromatic heterocycles. The van der Waals surface area contributed by atoms with Gasteiger partial charge in [0, 0.05) is 33.9 Å². The number of hydrogen-bond acceptors (Lipinski definition) is 3. The maximum Gasteiger partial charge on any atom is 0.406 e. The number of carboxylic acids is 1. The highest BCUT2D eigenvalue weighted by atomic mass is 79.9. The van der Waals surface area contributed by atoms with E-state index in [0.29, 0.717) is 6.54 Å². The second-order valence-electron chi connectivity index (χ2n) is 4.96. The lowest BCUT2D eigenvalue weighted by Gasteiger charge is -2.27. The molecule has 1 saturated heterocycles. The molecule has 20 heavy (non-hydrogen) atoms. The van der Waals surface area contributed by atoms with Crippen molar-refractivity contribution in [1.29, 1.82) is 0 Å². The van der Waals surface area contributed by atoms with Crippen molar-refractivity contribution in [2.75, 3.05) is 13.1 Å². The minimum Gasteiger partial charge on any atom is -0.481 e. The van der Waals surface area contributed by atoms with Gasteiger partial charge in [0.1, 0.15) is 0 Å². The Kier molecular flexibility index (Phi) is 4.19. The normalized spacial score (nSPS) is 24.2. The summed E-state index contributed by atoms with van der Waals surface area (Å²) in [4.78, 5) is 14.6. The number of aryl methyl sites for hydroxylation is 1. The van der Waals surface area contributed by atoms with Crippen LogP contribution in [0.4, 0.5) is 13.2 Å². The zero-order valence-corrected chi connectivity index (χ0v) is 13.0. The number of halogens is 4. The monoisotopic (exact) mass is 371 g/mol. The molecule has 1 N–H and O–H groups in total. The molecule has 0 radical (unpaired) electrons. The van der Waals surface area contributed by atoms with Crippen LogP contribution < -0.4 is 0 Å². The first-order valence-corrected chi connectivity index (χ1v) is 7.54. The van der Waals surface area contributed by atoms with E-state index in [9.17, 15) is 18.0 Å². The molecule has 112 valence electrons. The van der Waals surface area contributed by atoms with Crippen LogP contribution in [-0.4, -0.2) is 35.2 Å². The molecule has 1 unspecified atom stereocenters. The van der Waals surface area contributed by atoms with E-state index in [1.54, 1.807) is 4.90 Å². The third-order valence-electron chi connectivity index (χ3n) is 3.59. The first kappa shape index (κ1) is 15.8. The number of thiophene rings is 1. The number of alkyl halides is 3. The summed E-state index contributed by atoms with van der Waals surface area (Å²) in [7, 11) is 0. The van der Waals surface area contributed by atoms with Gasteiger partial charge >= 0.3 is 12.1 Å².